The number of nitrogens with two attached hydrogens (primary N) is 1. The lowest BCUT2D eigenvalue weighted by Gasteiger charge is -2.03. The molecule has 0 aliphatic carbocycles. The Morgan fingerprint density at radius 2 is 1.82 bits per heavy atom. The number of Topliss-reactive ketones (excluding diaryl/α,β-unsaturated/α-hetero) is 1. The smallest absolute Gasteiger partial charge is 0.255 e. The van der Waals surface area contributed by atoms with Gasteiger partial charge in [-0.2, -0.15) is 0 Å². The van der Waals surface area contributed by atoms with Gasteiger partial charge in [0.15, 0.2) is 12.4 Å². The number of hydrogen-bond donors (Lipinski definition) is 1. The molecule has 0 aliphatic heterocycles. The molecule has 0 radical (unpaired) electrons. The van der Waals surface area contributed by atoms with Gasteiger partial charge in [0.1, 0.15) is 5.75 Å². The molecule has 0 atom stereocenters. The van der Waals surface area contributed by atoms with E-state index in [1.807, 2.05) is 12.1 Å². The number of allylic oxidation sites excluding steroid dienone is 1. The third-order valence-electron chi connectivity index (χ3n) is 2.20. The van der Waals surface area contributed by atoms with Crippen molar-refractivity contribution in [3.63, 3.8) is 0 Å². The van der Waals surface area contributed by atoms with Gasteiger partial charge in [0.25, 0.3) is 5.91 Å². The van der Waals surface area contributed by atoms with E-state index in [1.165, 1.54) is 6.92 Å². The number of benzene rings is 1. The van der Waals surface area contributed by atoms with Crippen LogP contribution < -0.4 is 10.5 Å². The van der Waals surface area contributed by atoms with Crippen molar-refractivity contribution in [3.05, 3.63) is 35.4 Å². The van der Waals surface area contributed by atoms with Crippen LogP contribution in [0.3, 0.4) is 0 Å². The topological polar surface area (TPSA) is 69.4 Å². The van der Waals surface area contributed by atoms with E-state index in [4.69, 9.17) is 10.5 Å². The van der Waals surface area contributed by atoms with Crippen molar-refractivity contribution in [2.24, 2.45) is 5.73 Å². The Balaban J connectivity index is 2.71. The minimum atomic E-state index is -0.513. The Bertz CT molecular complexity index is 446. The number of amides is 1. The quantitative estimate of drug-likeness (QED) is 0.784. The summed E-state index contributed by atoms with van der Waals surface area (Å²) in [5.74, 6) is 0.0990. The van der Waals surface area contributed by atoms with Crippen molar-refractivity contribution in [2.75, 3.05) is 6.61 Å². The van der Waals surface area contributed by atoms with Crippen molar-refractivity contribution < 1.29 is 14.3 Å². The minimum Gasteiger partial charge on any atom is -0.484 e. The van der Waals surface area contributed by atoms with E-state index >= 15 is 0 Å². The van der Waals surface area contributed by atoms with Gasteiger partial charge in [0, 0.05) is 0 Å². The number of carbonyl (C=O) groups is 2. The summed E-state index contributed by atoms with van der Waals surface area (Å²) in [6.07, 6.45) is 1.79. The van der Waals surface area contributed by atoms with E-state index in [-0.39, 0.29) is 12.4 Å². The first-order valence-corrected chi connectivity index (χ1v) is 5.19. The second-order valence-corrected chi connectivity index (χ2v) is 3.71. The number of primary amides is 1. The lowest BCUT2D eigenvalue weighted by Crippen LogP contribution is -2.19. The zero-order chi connectivity index (χ0) is 12.8. The SMILES string of the molecule is CC(=O)/C(C)=C/c1ccc(OCC(N)=O)cc1. The average Bonchev–Trinajstić information content (AvgIpc) is 2.28. The number of ether oxygens (including phenoxy) is 1. The van der Waals surface area contributed by atoms with Crippen LogP contribution in [0.1, 0.15) is 19.4 Å². The molecule has 1 aromatic carbocycles. The minimum absolute atomic E-state index is 0.0408. The maximum Gasteiger partial charge on any atom is 0.255 e. The van der Waals surface area contributed by atoms with Crippen LogP contribution in [0.4, 0.5) is 0 Å². The highest BCUT2D eigenvalue weighted by atomic mass is 16.5. The summed E-state index contributed by atoms with van der Waals surface area (Å²) < 4.78 is 5.11. The highest BCUT2D eigenvalue weighted by Gasteiger charge is 1.99. The second kappa shape index (κ2) is 5.84. The van der Waals surface area contributed by atoms with Crippen LogP contribution >= 0.6 is 0 Å². The highest BCUT2D eigenvalue weighted by Crippen LogP contribution is 2.14. The summed E-state index contributed by atoms with van der Waals surface area (Å²) in [5, 5.41) is 0. The van der Waals surface area contributed by atoms with Crippen LogP contribution in [0.15, 0.2) is 29.8 Å². The summed E-state index contributed by atoms with van der Waals surface area (Å²) in [5.41, 5.74) is 6.56. The van der Waals surface area contributed by atoms with Crippen molar-refractivity contribution in [1.29, 1.82) is 0 Å². The fourth-order valence-electron chi connectivity index (χ4n) is 1.17. The number of hydrogen-bond acceptors (Lipinski definition) is 3. The van der Waals surface area contributed by atoms with E-state index in [2.05, 4.69) is 0 Å². The molecule has 2 N–H and O–H groups in total. The summed E-state index contributed by atoms with van der Waals surface area (Å²) in [7, 11) is 0. The summed E-state index contributed by atoms with van der Waals surface area (Å²) in [4.78, 5) is 21.6. The lowest BCUT2D eigenvalue weighted by molar-refractivity contribution is -0.120. The maximum atomic E-state index is 11.0. The molecule has 17 heavy (non-hydrogen) atoms. The predicted molar refractivity (Wildman–Crippen MR) is 65.5 cm³/mol. The summed E-state index contributed by atoms with van der Waals surface area (Å²) >= 11 is 0. The first-order valence-electron chi connectivity index (χ1n) is 5.19. The molecule has 0 heterocycles. The van der Waals surface area contributed by atoms with Crippen LogP contribution in [-0.4, -0.2) is 18.3 Å². The Labute approximate surface area is 100 Å². The van der Waals surface area contributed by atoms with Gasteiger partial charge in [-0.15, -0.1) is 0 Å². The molecule has 0 saturated carbocycles. The molecule has 1 amide bonds. The zero-order valence-corrected chi connectivity index (χ0v) is 9.90. The average molecular weight is 233 g/mol. The molecule has 4 nitrogen and oxygen atoms in total. The fraction of sp³-hybridized carbons (Fsp3) is 0.231. The molecular formula is C13H15NO3. The number of carbonyl (C=O) groups excluding carboxylic acids is 2. The molecular weight excluding hydrogens is 218 g/mol. The molecule has 4 heteroatoms. The van der Waals surface area contributed by atoms with Crippen molar-refractivity contribution in [1.82, 2.24) is 0 Å². The van der Waals surface area contributed by atoms with Gasteiger partial charge in [0.2, 0.25) is 0 Å². The van der Waals surface area contributed by atoms with Gasteiger partial charge < -0.3 is 10.5 Å². The molecule has 0 unspecified atom stereocenters. The molecule has 1 rings (SSSR count). The van der Waals surface area contributed by atoms with Gasteiger partial charge in [0.05, 0.1) is 0 Å². The van der Waals surface area contributed by atoms with E-state index in [9.17, 15) is 9.59 Å². The third kappa shape index (κ3) is 4.51. The number of ketones is 1. The molecule has 0 fully saturated rings. The largest absolute Gasteiger partial charge is 0.484 e. The van der Waals surface area contributed by atoms with Crippen LogP contribution in [0.5, 0.6) is 5.75 Å². The molecule has 1 aromatic rings. The van der Waals surface area contributed by atoms with Crippen LogP contribution in [-0.2, 0) is 9.59 Å². The molecule has 0 bridgehead atoms. The standard InChI is InChI=1S/C13H15NO3/c1-9(10(2)15)7-11-3-5-12(6-4-11)17-8-13(14)16/h3-7H,8H2,1-2H3,(H2,14,16)/b9-7+. The van der Waals surface area contributed by atoms with Crippen molar-refractivity contribution in [2.45, 2.75) is 13.8 Å². The van der Waals surface area contributed by atoms with E-state index in [0.717, 1.165) is 5.56 Å². The molecule has 0 aliphatic rings. The van der Waals surface area contributed by atoms with Crippen molar-refractivity contribution in [3.8, 4) is 5.75 Å². The van der Waals surface area contributed by atoms with Gasteiger partial charge in [-0.3, -0.25) is 9.59 Å². The Kier molecular flexibility index (Phi) is 4.46. The molecule has 90 valence electrons. The Morgan fingerprint density at radius 1 is 1.24 bits per heavy atom. The van der Waals surface area contributed by atoms with Crippen molar-refractivity contribution >= 4 is 17.8 Å². The summed E-state index contributed by atoms with van der Waals surface area (Å²) in [6.45, 7) is 3.15. The van der Waals surface area contributed by atoms with Gasteiger partial charge >= 0.3 is 0 Å². The van der Waals surface area contributed by atoms with Crippen LogP contribution in [0, 0.1) is 0 Å². The maximum absolute atomic E-state index is 11.0. The zero-order valence-electron chi connectivity index (χ0n) is 9.90. The first-order chi connectivity index (χ1) is 7.99. The molecule has 0 aromatic heterocycles. The fourth-order valence-corrected chi connectivity index (χ4v) is 1.17. The molecule has 0 saturated heterocycles. The van der Waals surface area contributed by atoms with Crippen LogP contribution in [0.2, 0.25) is 0 Å². The highest BCUT2D eigenvalue weighted by molar-refractivity contribution is 5.97. The Hall–Kier alpha value is -2.10. The number of rotatable bonds is 5. The lowest BCUT2D eigenvalue weighted by atomic mass is 10.1. The second-order valence-electron chi connectivity index (χ2n) is 3.71. The Morgan fingerprint density at radius 3 is 2.29 bits per heavy atom. The van der Waals surface area contributed by atoms with Gasteiger partial charge in [-0.1, -0.05) is 12.1 Å². The molecule has 0 spiro atoms. The predicted octanol–water partition coefficient (Wildman–Crippen LogP) is 1.54. The monoisotopic (exact) mass is 233 g/mol. The van der Waals surface area contributed by atoms with E-state index in [0.29, 0.717) is 11.3 Å². The van der Waals surface area contributed by atoms with Gasteiger partial charge in [-0.25, -0.2) is 0 Å². The first kappa shape index (κ1) is 13.0. The van der Waals surface area contributed by atoms with Gasteiger partial charge in [-0.05, 0) is 43.2 Å². The van der Waals surface area contributed by atoms with Crippen LogP contribution in [0.25, 0.3) is 6.08 Å². The van der Waals surface area contributed by atoms with E-state index < -0.39 is 5.91 Å². The summed E-state index contributed by atoms with van der Waals surface area (Å²) in [6, 6.07) is 7.07. The van der Waals surface area contributed by atoms with E-state index in [1.54, 1.807) is 25.1 Å². The third-order valence-corrected chi connectivity index (χ3v) is 2.20. The normalized spacial score (nSPS) is 11.1.